The molecule has 6 N–H and O–H groups in total. The summed E-state index contributed by atoms with van der Waals surface area (Å²) in [4.78, 5) is 26.4. The molecule has 1 aliphatic heterocycles. The van der Waals surface area contributed by atoms with Crippen molar-refractivity contribution in [2.45, 2.75) is 301 Å². The lowest BCUT2D eigenvalue weighted by Gasteiger charge is -2.41. The first-order valence-electron chi connectivity index (χ1n) is 28.3. The Balaban J connectivity index is 2.74. The van der Waals surface area contributed by atoms with Crippen LogP contribution in [0.5, 0.6) is 0 Å². The second-order valence-electron chi connectivity index (χ2n) is 19.7. The molecule has 8 atom stereocenters. The Morgan fingerprint density at radius 3 is 1.50 bits per heavy atom. The number of carbonyl (C=O) groups excluding carboxylic acids is 2. The molecule has 1 aliphatic rings. The van der Waals surface area contributed by atoms with Crippen LogP contribution in [0.4, 0.5) is 0 Å². The third-order valence-corrected chi connectivity index (χ3v) is 13.3. The fraction of sp³-hybridized carbons (Fsp3) is 0.860. The summed E-state index contributed by atoms with van der Waals surface area (Å²) in [5, 5.41) is 56.7. The summed E-state index contributed by atoms with van der Waals surface area (Å²) in [6, 6.07) is -1.03. The number of amides is 1. The molecule has 11 heteroatoms. The molecule has 0 aromatic rings. The average molecular weight is 964 g/mol. The molecule has 1 saturated heterocycles. The average Bonchev–Trinajstić information content (AvgIpc) is 3.33. The smallest absolute Gasteiger partial charge is 0.306 e. The number of unbranched alkanes of at least 4 members (excludes halogenated alkanes) is 30. The van der Waals surface area contributed by atoms with E-state index in [1.807, 2.05) is 6.08 Å². The largest absolute Gasteiger partial charge is 0.454 e. The summed E-state index contributed by atoms with van der Waals surface area (Å²) >= 11 is 0. The molecule has 0 bridgehead atoms. The highest BCUT2D eigenvalue weighted by molar-refractivity contribution is 5.80. The monoisotopic (exact) mass is 964 g/mol. The molecule has 8 unspecified atom stereocenters. The van der Waals surface area contributed by atoms with E-state index in [4.69, 9.17) is 14.2 Å². The lowest BCUT2D eigenvalue weighted by Crippen LogP contribution is -2.61. The first-order chi connectivity index (χ1) is 33.2. The Labute approximate surface area is 415 Å². The molecule has 1 heterocycles. The van der Waals surface area contributed by atoms with Crippen molar-refractivity contribution < 1.29 is 49.3 Å². The van der Waals surface area contributed by atoms with Gasteiger partial charge >= 0.3 is 5.97 Å². The van der Waals surface area contributed by atoms with Gasteiger partial charge in [-0.05, 0) is 51.4 Å². The predicted octanol–water partition coefficient (Wildman–Crippen LogP) is 12.3. The van der Waals surface area contributed by atoms with Crippen LogP contribution in [0.3, 0.4) is 0 Å². The first kappa shape index (κ1) is 63.9. The van der Waals surface area contributed by atoms with E-state index >= 15 is 0 Å². The molecule has 398 valence electrons. The number of aliphatic hydroxyl groups is 5. The Bertz CT molecular complexity index is 1240. The minimum atomic E-state index is -1.61. The van der Waals surface area contributed by atoms with E-state index in [9.17, 15) is 35.1 Å². The highest BCUT2D eigenvalue weighted by atomic mass is 16.7. The molecule has 1 amide bonds. The number of carbonyl (C=O) groups is 2. The van der Waals surface area contributed by atoms with Crippen LogP contribution >= 0.6 is 0 Å². The molecule has 11 nitrogen and oxygen atoms in total. The van der Waals surface area contributed by atoms with Gasteiger partial charge in [-0.1, -0.05) is 231 Å². The van der Waals surface area contributed by atoms with E-state index in [1.54, 1.807) is 6.08 Å². The van der Waals surface area contributed by atoms with Gasteiger partial charge in [0.2, 0.25) is 5.91 Å². The minimum absolute atomic E-state index is 0.126. The first-order valence-corrected chi connectivity index (χ1v) is 28.3. The van der Waals surface area contributed by atoms with Crippen LogP contribution in [0.2, 0.25) is 0 Å². The van der Waals surface area contributed by atoms with E-state index in [2.05, 4.69) is 50.4 Å². The van der Waals surface area contributed by atoms with Crippen molar-refractivity contribution in [2.75, 3.05) is 13.2 Å². The molecule has 1 fully saturated rings. The molecule has 0 spiro atoms. The van der Waals surface area contributed by atoms with Gasteiger partial charge in [0, 0.05) is 6.42 Å². The lowest BCUT2D eigenvalue weighted by molar-refractivity contribution is -0.305. The summed E-state index contributed by atoms with van der Waals surface area (Å²) < 4.78 is 17.5. The number of allylic oxidation sites excluding steroid dienone is 5. The lowest BCUT2D eigenvalue weighted by atomic mass is 9.99. The molecule has 1 rings (SSSR count). The maximum atomic E-state index is 13.3. The summed E-state index contributed by atoms with van der Waals surface area (Å²) in [7, 11) is 0. The number of nitrogens with one attached hydrogen (secondary N) is 1. The number of hydrogen-bond acceptors (Lipinski definition) is 10. The van der Waals surface area contributed by atoms with Gasteiger partial charge in [0.25, 0.3) is 0 Å². The number of hydrogen-bond donors (Lipinski definition) is 6. The van der Waals surface area contributed by atoms with E-state index in [1.165, 1.54) is 128 Å². The molecule has 0 radical (unpaired) electrons. The van der Waals surface area contributed by atoms with Crippen LogP contribution in [0.15, 0.2) is 36.5 Å². The fourth-order valence-electron chi connectivity index (χ4n) is 8.76. The van der Waals surface area contributed by atoms with Crippen molar-refractivity contribution in [2.24, 2.45) is 0 Å². The standard InChI is InChI=1S/C57H105NO10/c1-4-7-10-13-16-19-22-24-26-29-32-35-38-41-44-50(61)56(65)58-48(49(60)43-40-37-34-31-28-21-18-15-12-9-6-3)47-66-57-55(54(64)53(63)51(46-59)67-57)68-52(62)45-42-39-36-33-30-27-25-23-20-17-14-11-8-5-2/h16,19,22,24,40,43,48-51,53-55,57,59-61,63-64H,4-15,17-18,20-21,23,25-39,41-42,44-47H2,1-3H3,(H,58,65)/b19-16+,24-22+,43-40+. The molecule has 68 heavy (non-hydrogen) atoms. The van der Waals surface area contributed by atoms with Crippen molar-refractivity contribution in [3.8, 4) is 0 Å². The SMILES string of the molecule is CCCCC/C=C/C=C/CCCCCCCC(O)C(=O)NC(COC1OC(CO)C(O)C(O)C1OC(=O)CCCCCCCCCCCCCCCC)C(O)/C=C/CCCCCCCCCCC. The van der Waals surface area contributed by atoms with Crippen LogP contribution < -0.4 is 5.32 Å². The number of esters is 1. The Morgan fingerprint density at radius 2 is 1.00 bits per heavy atom. The van der Waals surface area contributed by atoms with Crippen molar-refractivity contribution in [3.63, 3.8) is 0 Å². The number of aliphatic hydroxyl groups excluding tert-OH is 5. The van der Waals surface area contributed by atoms with E-state index in [0.29, 0.717) is 12.8 Å². The van der Waals surface area contributed by atoms with Crippen molar-refractivity contribution >= 4 is 11.9 Å². The van der Waals surface area contributed by atoms with Gasteiger partial charge in [-0.3, -0.25) is 9.59 Å². The summed E-state index contributed by atoms with van der Waals surface area (Å²) in [5.74, 6) is -1.20. The number of ether oxygens (including phenoxy) is 3. The maximum absolute atomic E-state index is 13.3. The summed E-state index contributed by atoms with van der Waals surface area (Å²) in [5.41, 5.74) is 0. The Morgan fingerprint density at radius 1 is 0.574 bits per heavy atom. The molecule has 0 saturated carbocycles. The van der Waals surface area contributed by atoms with Gasteiger partial charge < -0.3 is 45.1 Å². The molecular formula is C57H105NO10. The normalized spacial score (nSPS) is 20.1. The Kier molecular flexibility index (Phi) is 43.2. The molecule has 0 aromatic carbocycles. The Hall–Kier alpha value is -2.12. The van der Waals surface area contributed by atoms with Crippen molar-refractivity contribution in [1.29, 1.82) is 0 Å². The highest BCUT2D eigenvalue weighted by Crippen LogP contribution is 2.26. The van der Waals surface area contributed by atoms with Gasteiger partial charge in [-0.25, -0.2) is 0 Å². The second-order valence-corrected chi connectivity index (χ2v) is 19.7. The molecule has 0 aromatic heterocycles. The topological polar surface area (TPSA) is 175 Å². The minimum Gasteiger partial charge on any atom is -0.454 e. The number of rotatable bonds is 47. The molecular weight excluding hydrogens is 859 g/mol. The highest BCUT2D eigenvalue weighted by Gasteiger charge is 2.47. The van der Waals surface area contributed by atoms with Crippen LogP contribution in [-0.2, 0) is 23.8 Å². The van der Waals surface area contributed by atoms with Crippen LogP contribution in [-0.4, -0.2) is 99.6 Å². The van der Waals surface area contributed by atoms with Crippen molar-refractivity contribution in [1.82, 2.24) is 5.32 Å². The summed E-state index contributed by atoms with van der Waals surface area (Å²) in [6.07, 6.45) is 41.9. The predicted molar refractivity (Wildman–Crippen MR) is 278 cm³/mol. The summed E-state index contributed by atoms with van der Waals surface area (Å²) in [6.45, 7) is 5.73. The van der Waals surface area contributed by atoms with E-state index < -0.39 is 67.4 Å². The fourth-order valence-corrected chi connectivity index (χ4v) is 8.76. The second kappa shape index (κ2) is 46.0. The van der Waals surface area contributed by atoms with Gasteiger partial charge in [0.05, 0.1) is 25.4 Å². The van der Waals surface area contributed by atoms with Crippen molar-refractivity contribution in [3.05, 3.63) is 36.5 Å². The molecule has 0 aliphatic carbocycles. The van der Waals surface area contributed by atoms with Gasteiger partial charge in [0.1, 0.15) is 24.4 Å². The van der Waals surface area contributed by atoms with E-state index in [0.717, 1.165) is 77.0 Å². The maximum Gasteiger partial charge on any atom is 0.306 e. The quantitative estimate of drug-likeness (QED) is 0.0149. The zero-order chi connectivity index (χ0) is 49.7. The van der Waals surface area contributed by atoms with E-state index in [-0.39, 0.29) is 19.4 Å². The van der Waals surface area contributed by atoms with Crippen LogP contribution in [0.25, 0.3) is 0 Å². The van der Waals surface area contributed by atoms with Gasteiger partial charge in [-0.15, -0.1) is 0 Å². The third-order valence-electron chi connectivity index (χ3n) is 13.3. The zero-order valence-corrected chi connectivity index (χ0v) is 43.7. The zero-order valence-electron chi connectivity index (χ0n) is 43.7. The third kappa shape index (κ3) is 34.2. The van der Waals surface area contributed by atoms with Crippen LogP contribution in [0, 0.1) is 0 Å². The van der Waals surface area contributed by atoms with Gasteiger partial charge in [-0.2, -0.15) is 0 Å². The van der Waals surface area contributed by atoms with Gasteiger partial charge in [0.15, 0.2) is 12.4 Å². The van der Waals surface area contributed by atoms with Crippen LogP contribution in [0.1, 0.15) is 252 Å².